The fourth-order valence-corrected chi connectivity index (χ4v) is 0.250. The van der Waals surface area contributed by atoms with E-state index in [1.165, 1.54) is 7.05 Å². The van der Waals surface area contributed by atoms with Crippen molar-refractivity contribution in [3.8, 4) is 0 Å². The molecule has 0 spiro atoms. The molecule has 0 aromatic carbocycles. The summed E-state index contributed by atoms with van der Waals surface area (Å²) in [5.74, 6) is -1.01. The molecular formula is C5H8N2O2. The molecule has 0 fully saturated rings. The van der Waals surface area contributed by atoms with Gasteiger partial charge in [0.25, 0.3) is 5.90 Å². The summed E-state index contributed by atoms with van der Waals surface area (Å²) in [4.78, 5) is 10.4. The summed E-state index contributed by atoms with van der Waals surface area (Å²) in [6.45, 7) is 3.17. The summed E-state index contributed by atoms with van der Waals surface area (Å²) >= 11 is 0. The lowest BCUT2D eigenvalue weighted by Crippen LogP contribution is -2.27. The maximum atomic E-state index is 10.4. The maximum absolute atomic E-state index is 10.4. The van der Waals surface area contributed by atoms with Crippen LogP contribution in [-0.4, -0.2) is 18.9 Å². The van der Waals surface area contributed by atoms with Gasteiger partial charge in [-0.1, -0.05) is 6.58 Å². The van der Waals surface area contributed by atoms with E-state index < -0.39 is 11.8 Å². The Balaban J connectivity index is 3.73. The zero-order valence-electron chi connectivity index (χ0n) is 5.10. The fourth-order valence-electron chi connectivity index (χ4n) is 0.250. The van der Waals surface area contributed by atoms with Crippen LogP contribution in [-0.2, 0) is 9.53 Å². The van der Waals surface area contributed by atoms with Crippen LogP contribution in [0.1, 0.15) is 0 Å². The van der Waals surface area contributed by atoms with Crippen molar-refractivity contribution in [1.29, 1.82) is 5.41 Å². The number of hydrogen-bond acceptors (Lipinski definition) is 3. The molecule has 0 aliphatic heterocycles. The second kappa shape index (κ2) is 3.65. The van der Waals surface area contributed by atoms with Gasteiger partial charge in [0.15, 0.2) is 0 Å². The first-order valence-electron chi connectivity index (χ1n) is 2.30. The Kier molecular flexibility index (Phi) is 3.12. The molecule has 0 atom stereocenters. The Morgan fingerprint density at radius 2 is 2.44 bits per heavy atom. The van der Waals surface area contributed by atoms with Crippen LogP contribution in [0.25, 0.3) is 0 Å². The molecule has 1 amide bonds. The molecule has 0 aliphatic carbocycles. The van der Waals surface area contributed by atoms with E-state index in [4.69, 9.17) is 5.41 Å². The van der Waals surface area contributed by atoms with Crippen LogP contribution in [0.5, 0.6) is 0 Å². The number of likely N-dealkylation sites (N-methyl/N-ethyl adjacent to an activating group) is 1. The summed E-state index contributed by atoms with van der Waals surface area (Å²) in [5, 5.41) is 9.00. The molecule has 9 heavy (non-hydrogen) atoms. The van der Waals surface area contributed by atoms with Gasteiger partial charge in [0, 0.05) is 7.05 Å². The quantitative estimate of drug-likeness (QED) is 0.293. The molecule has 0 bridgehead atoms. The number of amides is 1. The molecule has 0 aromatic heterocycles. The molecule has 0 rings (SSSR count). The molecule has 4 heteroatoms. The van der Waals surface area contributed by atoms with E-state index in [9.17, 15) is 4.79 Å². The molecule has 0 unspecified atom stereocenters. The molecule has 0 radical (unpaired) electrons. The number of carbonyl (C=O) groups is 1. The first kappa shape index (κ1) is 7.68. The summed E-state index contributed by atoms with van der Waals surface area (Å²) in [6.07, 6.45) is 1.03. The van der Waals surface area contributed by atoms with Gasteiger partial charge in [-0.05, 0) is 0 Å². The van der Waals surface area contributed by atoms with Gasteiger partial charge >= 0.3 is 5.91 Å². The van der Waals surface area contributed by atoms with Crippen molar-refractivity contribution < 1.29 is 9.53 Å². The highest BCUT2D eigenvalue weighted by Crippen LogP contribution is 1.76. The van der Waals surface area contributed by atoms with E-state index in [0.717, 1.165) is 6.26 Å². The highest BCUT2D eigenvalue weighted by atomic mass is 16.5. The van der Waals surface area contributed by atoms with E-state index in [1.807, 2.05) is 0 Å². The van der Waals surface area contributed by atoms with E-state index in [0.29, 0.717) is 0 Å². The minimum atomic E-state index is -0.560. The number of rotatable bonds is 1. The predicted octanol–water partition coefficient (Wildman–Crippen LogP) is -0.130. The summed E-state index contributed by atoms with van der Waals surface area (Å²) in [6, 6.07) is 0. The summed E-state index contributed by atoms with van der Waals surface area (Å²) < 4.78 is 4.33. The van der Waals surface area contributed by atoms with Crippen molar-refractivity contribution in [3.05, 3.63) is 12.8 Å². The zero-order chi connectivity index (χ0) is 7.28. The Hall–Kier alpha value is -1.32. The molecule has 0 heterocycles. The SMILES string of the molecule is C=COC(=N)C(=O)NC. The smallest absolute Gasteiger partial charge is 0.306 e. The molecule has 50 valence electrons. The Morgan fingerprint density at radius 1 is 1.89 bits per heavy atom. The molecular weight excluding hydrogens is 120 g/mol. The number of nitrogens with one attached hydrogen (secondary N) is 2. The maximum Gasteiger partial charge on any atom is 0.306 e. The van der Waals surface area contributed by atoms with Crippen LogP contribution in [0.4, 0.5) is 0 Å². The van der Waals surface area contributed by atoms with Gasteiger partial charge in [-0.3, -0.25) is 10.2 Å². The van der Waals surface area contributed by atoms with Crippen LogP contribution in [0.15, 0.2) is 12.8 Å². The minimum absolute atomic E-state index is 0.451. The van der Waals surface area contributed by atoms with Gasteiger partial charge in [0.05, 0.1) is 6.26 Å². The second-order valence-corrected chi connectivity index (χ2v) is 1.19. The number of hydrogen-bond donors (Lipinski definition) is 2. The van der Waals surface area contributed by atoms with Gasteiger partial charge in [0.2, 0.25) is 0 Å². The Bertz CT molecular complexity index is 142. The monoisotopic (exact) mass is 128 g/mol. The van der Waals surface area contributed by atoms with E-state index in [2.05, 4.69) is 16.6 Å². The number of carbonyl (C=O) groups excluding carboxylic acids is 1. The average Bonchev–Trinajstić information content (AvgIpc) is 1.87. The summed E-state index contributed by atoms with van der Waals surface area (Å²) in [7, 11) is 1.42. The van der Waals surface area contributed by atoms with Crippen molar-refractivity contribution in [2.75, 3.05) is 7.05 Å². The van der Waals surface area contributed by atoms with Crippen molar-refractivity contribution >= 4 is 11.8 Å². The van der Waals surface area contributed by atoms with Gasteiger partial charge in [-0.2, -0.15) is 0 Å². The highest BCUT2D eigenvalue weighted by molar-refractivity contribution is 6.33. The van der Waals surface area contributed by atoms with Crippen molar-refractivity contribution in [1.82, 2.24) is 5.32 Å². The molecule has 2 N–H and O–H groups in total. The third-order valence-corrected chi connectivity index (χ3v) is 0.634. The Morgan fingerprint density at radius 3 is 2.78 bits per heavy atom. The topological polar surface area (TPSA) is 62.2 Å². The Labute approximate surface area is 53.0 Å². The fraction of sp³-hybridized carbons (Fsp3) is 0.200. The third kappa shape index (κ3) is 2.48. The predicted molar refractivity (Wildman–Crippen MR) is 33.1 cm³/mol. The molecule has 0 aromatic rings. The van der Waals surface area contributed by atoms with Crippen molar-refractivity contribution in [3.63, 3.8) is 0 Å². The highest BCUT2D eigenvalue weighted by Gasteiger charge is 2.04. The first-order valence-corrected chi connectivity index (χ1v) is 2.30. The van der Waals surface area contributed by atoms with Gasteiger partial charge in [0.1, 0.15) is 0 Å². The first-order chi connectivity index (χ1) is 4.22. The minimum Gasteiger partial charge on any atom is -0.444 e. The van der Waals surface area contributed by atoms with Gasteiger partial charge in [-0.25, -0.2) is 0 Å². The molecule has 4 nitrogen and oxygen atoms in total. The average molecular weight is 128 g/mol. The summed E-state index contributed by atoms with van der Waals surface area (Å²) in [5.41, 5.74) is 0. The lowest BCUT2D eigenvalue weighted by atomic mass is 10.6. The van der Waals surface area contributed by atoms with E-state index >= 15 is 0 Å². The van der Waals surface area contributed by atoms with Crippen LogP contribution in [0, 0.1) is 5.41 Å². The van der Waals surface area contributed by atoms with Gasteiger partial charge < -0.3 is 10.1 Å². The normalized spacial score (nSPS) is 7.67. The van der Waals surface area contributed by atoms with Crippen LogP contribution in [0.3, 0.4) is 0 Å². The standard InChI is InChI=1S/C5H8N2O2/c1-3-9-4(6)5(8)7-2/h3,6H,1H2,2H3,(H,7,8). The van der Waals surface area contributed by atoms with Crippen molar-refractivity contribution in [2.24, 2.45) is 0 Å². The van der Waals surface area contributed by atoms with E-state index in [1.54, 1.807) is 0 Å². The molecule has 0 aliphatic rings. The van der Waals surface area contributed by atoms with Crippen LogP contribution in [0.2, 0.25) is 0 Å². The molecule has 0 saturated heterocycles. The van der Waals surface area contributed by atoms with Crippen molar-refractivity contribution in [2.45, 2.75) is 0 Å². The van der Waals surface area contributed by atoms with Crippen LogP contribution >= 0.6 is 0 Å². The third-order valence-electron chi connectivity index (χ3n) is 0.634. The zero-order valence-corrected chi connectivity index (χ0v) is 5.10. The lowest BCUT2D eigenvalue weighted by Gasteiger charge is -1.97. The lowest BCUT2D eigenvalue weighted by molar-refractivity contribution is -0.115. The van der Waals surface area contributed by atoms with Crippen LogP contribution < -0.4 is 5.32 Å². The van der Waals surface area contributed by atoms with E-state index in [-0.39, 0.29) is 0 Å². The second-order valence-electron chi connectivity index (χ2n) is 1.19. The largest absolute Gasteiger partial charge is 0.444 e. The van der Waals surface area contributed by atoms with Gasteiger partial charge in [-0.15, -0.1) is 0 Å². The molecule has 0 saturated carbocycles. The number of ether oxygens (including phenoxy) is 1.